The number of carbonyl (C=O) groups excluding carboxylic acids is 1. The zero-order chi connectivity index (χ0) is 16.9. The number of nitrogens with one attached hydrogen (secondary N) is 1. The van der Waals surface area contributed by atoms with Gasteiger partial charge in [0.05, 0.1) is 12.7 Å². The van der Waals surface area contributed by atoms with E-state index in [1.165, 1.54) is 17.7 Å². The molecule has 3 heterocycles. The van der Waals surface area contributed by atoms with E-state index in [9.17, 15) is 4.79 Å². The summed E-state index contributed by atoms with van der Waals surface area (Å²) in [6.07, 6.45) is 4.74. The molecule has 1 aliphatic rings. The van der Waals surface area contributed by atoms with Crippen LogP contribution >= 0.6 is 0 Å². The summed E-state index contributed by atoms with van der Waals surface area (Å²) in [5, 5.41) is 15.3. The number of hydrogen-bond donors (Lipinski definition) is 1. The van der Waals surface area contributed by atoms with Gasteiger partial charge in [0.1, 0.15) is 0 Å². The molecular weight excluding hydrogens is 310 g/mol. The van der Waals surface area contributed by atoms with E-state index in [1.807, 2.05) is 6.92 Å². The molecule has 0 aliphatic carbocycles. The number of carbonyl (C=O) groups is 1. The molecule has 2 aromatic rings. The molecule has 0 unspecified atom stereocenters. The fourth-order valence-electron chi connectivity index (χ4n) is 2.81. The van der Waals surface area contributed by atoms with Crippen molar-refractivity contribution in [3.8, 4) is 0 Å². The highest BCUT2D eigenvalue weighted by Crippen LogP contribution is 2.12. The number of piperidine rings is 1. The van der Waals surface area contributed by atoms with Crippen molar-refractivity contribution >= 4 is 5.91 Å². The summed E-state index contributed by atoms with van der Waals surface area (Å²) in [4.78, 5) is 18.2. The van der Waals surface area contributed by atoms with Crippen molar-refractivity contribution in [1.82, 2.24) is 35.4 Å². The molecule has 2 aromatic heterocycles. The van der Waals surface area contributed by atoms with Crippen molar-refractivity contribution in [1.29, 1.82) is 0 Å². The van der Waals surface area contributed by atoms with E-state index in [0.717, 1.165) is 19.6 Å². The Balaban J connectivity index is 1.57. The van der Waals surface area contributed by atoms with E-state index in [4.69, 9.17) is 4.52 Å². The first kappa shape index (κ1) is 16.6. The van der Waals surface area contributed by atoms with Gasteiger partial charge in [-0.05, 0) is 31.8 Å². The van der Waals surface area contributed by atoms with Gasteiger partial charge >= 0.3 is 0 Å². The standard InChI is InChI=1S/C15H23N7O2/c1-3-14-17-13(19-24-14)10-21(2)15(23)12-9-22(20-18-12)8-11-5-4-6-16-7-11/h9,11,16H,3-8,10H2,1-2H3/t11-/m1/s1. The molecule has 1 aliphatic heterocycles. The van der Waals surface area contributed by atoms with Crippen LogP contribution in [0.4, 0.5) is 0 Å². The molecule has 3 rings (SSSR count). The lowest BCUT2D eigenvalue weighted by atomic mass is 10.00. The van der Waals surface area contributed by atoms with Crippen LogP contribution in [-0.4, -0.2) is 56.1 Å². The second kappa shape index (κ2) is 7.52. The first-order valence-corrected chi connectivity index (χ1v) is 8.33. The van der Waals surface area contributed by atoms with Gasteiger partial charge in [-0.1, -0.05) is 17.3 Å². The largest absolute Gasteiger partial charge is 0.339 e. The van der Waals surface area contributed by atoms with Gasteiger partial charge in [-0.15, -0.1) is 5.10 Å². The maximum Gasteiger partial charge on any atom is 0.276 e. The van der Waals surface area contributed by atoms with Crippen LogP contribution in [0, 0.1) is 5.92 Å². The van der Waals surface area contributed by atoms with Gasteiger partial charge < -0.3 is 14.7 Å². The average molecular weight is 333 g/mol. The van der Waals surface area contributed by atoms with E-state index in [-0.39, 0.29) is 12.5 Å². The van der Waals surface area contributed by atoms with Crippen LogP contribution in [0.2, 0.25) is 0 Å². The Hall–Kier alpha value is -2.29. The fraction of sp³-hybridized carbons (Fsp3) is 0.667. The predicted octanol–water partition coefficient (Wildman–Crippen LogP) is 0.495. The van der Waals surface area contributed by atoms with E-state index in [0.29, 0.717) is 29.7 Å². The van der Waals surface area contributed by atoms with E-state index < -0.39 is 0 Å². The molecule has 0 aromatic carbocycles. The molecule has 1 saturated heterocycles. The lowest BCUT2D eigenvalue weighted by Crippen LogP contribution is -2.32. The summed E-state index contributed by atoms with van der Waals surface area (Å²) in [6.45, 7) is 5.06. The summed E-state index contributed by atoms with van der Waals surface area (Å²) in [5.74, 6) is 1.39. The molecule has 1 amide bonds. The summed E-state index contributed by atoms with van der Waals surface area (Å²) in [7, 11) is 1.69. The highest BCUT2D eigenvalue weighted by Gasteiger charge is 2.20. The van der Waals surface area contributed by atoms with E-state index >= 15 is 0 Å². The molecule has 1 fully saturated rings. The first-order chi connectivity index (χ1) is 11.7. The van der Waals surface area contributed by atoms with Crippen LogP contribution < -0.4 is 5.32 Å². The molecule has 0 radical (unpaired) electrons. The Morgan fingerprint density at radius 2 is 2.42 bits per heavy atom. The van der Waals surface area contributed by atoms with Crippen LogP contribution in [0.15, 0.2) is 10.7 Å². The van der Waals surface area contributed by atoms with Gasteiger partial charge in [0.25, 0.3) is 5.91 Å². The number of rotatable bonds is 6. The summed E-state index contributed by atoms with van der Waals surface area (Å²) in [5.41, 5.74) is 0.334. The maximum atomic E-state index is 12.4. The van der Waals surface area contributed by atoms with Crippen molar-refractivity contribution < 1.29 is 9.32 Å². The normalized spacial score (nSPS) is 17.8. The molecule has 9 nitrogen and oxygen atoms in total. The molecule has 24 heavy (non-hydrogen) atoms. The summed E-state index contributed by atoms with van der Waals surface area (Å²) < 4.78 is 6.80. The summed E-state index contributed by atoms with van der Waals surface area (Å²) >= 11 is 0. The third kappa shape index (κ3) is 3.97. The smallest absolute Gasteiger partial charge is 0.276 e. The van der Waals surface area contributed by atoms with Crippen molar-refractivity contribution in [2.45, 2.75) is 39.3 Å². The van der Waals surface area contributed by atoms with Crippen molar-refractivity contribution in [2.24, 2.45) is 5.92 Å². The number of amides is 1. The number of aromatic nitrogens is 5. The molecule has 9 heteroatoms. The number of nitrogens with zero attached hydrogens (tertiary/aromatic N) is 6. The van der Waals surface area contributed by atoms with Crippen LogP contribution in [-0.2, 0) is 19.5 Å². The molecule has 0 saturated carbocycles. The van der Waals surface area contributed by atoms with Gasteiger partial charge in [0, 0.05) is 20.0 Å². The maximum absolute atomic E-state index is 12.4. The molecule has 0 spiro atoms. The van der Waals surface area contributed by atoms with Crippen LogP contribution in [0.3, 0.4) is 0 Å². The van der Waals surface area contributed by atoms with E-state index in [2.05, 4.69) is 25.8 Å². The second-order valence-electron chi connectivity index (χ2n) is 6.16. The average Bonchev–Trinajstić information content (AvgIpc) is 3.24. The lowest BCUT2D eigenvalue weighted by molar-refractivity contribution is 0.0774. The van der Waals surface area contributed by atoms with Crippen LogP contribution in [0.1, 0.15) is 42.0 Å². The highest BCUT2D eigenvalue weighted by atomic mass is 16.5. The van der Waals surface area contributed by atoms with Crippen LogP contribution in [0.5, 0.6) is 0 Å². The van der Waals surface area contributed by atoms with Crippen molar-refractivity contribution in [2.75, 3.05) is 20.1 Å². The number of hydrogen-bond acceptors (Lipinski definition) is 7. The Morgan fingerprint density at radius 3 is 3.12 bits per heavy atom. The third-order valence-corrected chi connectivity index (χ3v) is 4.14. The lowest BCUT2D eigenvalue weighted by Gasteiger charge is -2.22. The predicted molar refractivity (Wildman–Crippen MR) is 85.1 cm³/mol. The quantitative estimate of drug-likeness (QED) is 0.821. The molecule has 130 valence electrons. The third-order valence-electron chi connectivity index (χ3n) is 4.14. The number of aryl methyl sites for hydroxylation is 1. The molecule has 1 atom stereocenters. The van der Waals surface area contributed by atoms with Gasteiger partial charge in [0.2, 0.25) is 5.89 Å². The van der Waals surface area contributed by atoms with Gasteiger partial charge in [-0.3, -0.25) is 9.48 Å². The molecule has 0 bridgehead atoms. The fourth-order valence-corrected chi connectivity index (χ4v) is 2.81. The van der Waals surface area contributed by atoms with Crippen LogP contribution in [0.25, 0.3) is 0 Å². The Morgan fingerprint density at radius 1 is 1.54 bits per heavy atom. The topological polar surface area (TPSA) is 102 Å². The van der Waals surface area contributed by atoms with Gasteiger partial charge in [-0.25, -0.2) is 0 Å². The summed E-state index contributed by atoms with van der Waals surface area (Å²) in [6, 6.07) is 0. The van der Waals surface area contributed by atoms with Crippen molar-refractivity contribution in [3.63, 3.8) is 0 Å². The Bertz CT molecular complexity index is 675. The minimum absolute atomic E-state index is 0.203. The highest BCUT2D eigenvalue weighted by molar-refractivity contribution is 5.91. The zero-order valence-corrected chi connectivity index (χ0v) is 14.1. The zero-order valence-electron chi connectivity index (χ0n) is 14.1. The Labute approximate surface area is 140 Å². The molecule has 1 N–H and O–H groups in total. The van der Waals surface area contributed by atoms with Gasteiger partial charge in [0.15, 0.2) is 11.5 Å². The Kier molecular flexibility index (Phi) is 5.19. The van der Waals surface area contributed by atoms with E-state index in [1.54, 1.807) is 17.9 Å². The molecular formula is C15H23N7O2. The van der Waals surface area contributed by atoms with Gasteiger partial charge in [-0.2, -0.15) is 4.98 Å². The minimum Gasteiger partial charge on any atom is -0.339 e. The first-order valence-electron chi connectivity index (χ1n) is 8.33. The van der Waals surface area contributed by atoms with Crippen molar-refractivity contribution in [3.05, 3.63) is 23.6 Å². The monoisotopic (exact) mass is 333 g/mol. The minimum atomic E-state index is -0.203. The SMILES string of the molecule is CCc1nc(CN(C)C(=O)c2cn(C[C@@H]3CCCNC3)nn2)no1. The second-order valence-corrected chi connectivity index (χ2v) is 6.16.